The molecule has 114 valence electrons. The van der Waals surface area contributed by atoms with Crippen LogP contribution < -0.4 is 5.32 Å². The van der Waals surface area contributed by atoms with Crippen molar-refractivity contribution in [3.8, 4) is 0 Å². The van der Waals surface area contributed by atoms with Crippen molar-refractivity contribution in [3.05, 3.63) is 20.8 Å². The van der Waals surface area contributed by atoms with Gasteiger partial charge in [0.15, 0.2) is 0 Å². The third kappa shape index (κ3) is 4.21. The van der Waals surface area contributed by atoms with Gasteiger partial charge < -0.3 is 5.32 Å². The molecule has 0 bridgehead atoms. The second kappa shape index (κ2) is 6.79. The van der Waals surface area contributed by atoms with E-state index in [4.69, 9.17) is 0 Å². The van der Waals surface area contributed by atoms with E-state index in [0.717, 1.165) is 10.9 Å². The van der Waals surface area contributed by atoms with Crippen LogP contribution in [-0.2, 0) is 6.42 Å². The molecule has 1 atom stereocenters. The molecule has 1 aliphatic rings. The van der Waals surface area contributed by atoms with Crippen molar-refractivity contribution in [2.75, 3.05) is 7.05 Å². The first-order chi connectivity index (χ1) is 9.40. The summed E-state index contributed by atoms with van der Waals surface area (Å²) < 4.78 is 39.1. The summed E-state index contributed by atoms with van der Waals surface area (Å²) in [4.78, 5) is 1.27. The van der Waals surface area contributed by atoms with Crippen LogP contribution in [0.5, 0.6) is 0 Å². The predicted molar refractivity (Wildman–Crippen MR) is 80.1 cm³/mol. The zero-order valence-corrected chi connectivity index (χ0v) is 13.7. The molecule has 2 rings (SSSR count). The summed E-state index contributed by atoms with van der Waals surface area (Å²) in [5.41, 5.74) is 0. The normalized spacial score (nSPS) is 25.6. The Morgan fingerprint density at radius 2 is 2.00 bits per heavy atom. The molecule has 1 heterocycles. The summed E-state index contributed by atoms with van der Waals surface area (Å²) >= 11 is 5.13. The van der Waals surface area contributed by atoms with Crippen molar-refractivity contribution < 1.29 is 13.2 Å². The average Bonchev–Trinajstić information content (AvgIpc) is 2.81. The predicted octanol–water partition coefficient (Wildman–Crippen LogP) is 5.01. The monoisotopic (exact) mass is 369 g/mol. The Morgan fingerprint density at radius 1 is 1.35 bits per heavy atom. The lowest BCUT2D eigenvalue weighted by Gasteiger charge is -2.34. The Hall–Kier alpha value is -0.0700. The second-order valence-electron chi connectivity index (χ2n) is 5.48. The van der Waals surface area contributed by atoms with E-state index in [9.17, 15) is 13.2 Å². The number of rotatable bonds is 4. The van der Waals surface area contributed by atoms with Crippen molar-refractivity contribution in [3.63, 3.8) is 0 Å². The molecule has 6 heteroatoms. The molecule has 1 saturated carbocycles. The van der Waals surface area contributed by atoms with E-state index in [-0.39, 0.29) is 18.9 Å². The topological polar surface area (TPSA) is 12.0 Å². The van der Waals surface area contributed by atoms with E-state index in [1.54, 1.807) is 11.3 Å². The van der Waals surface area contributed by atoms with Gasteiger partial charge in [0.1, 0.15) is 0 Å². The summed E-state index contributed by atoms with van der Waals surface area (Å²) in [5.74, 6) is -0.744. The van der Waals surface area contributed by atoms with Crippen LogP contribution in [0.1, 0.15) is 30.6 Å². The Bertz CT molecular complexity index is 424. The van der Waals surface area contributed by atoms with Crippen LogP contribution in [0, 0.1) is 11.8 Å². The first kappa shape index (κ1) is 16.3. The molecule has 0 aliphatic heterocycles. The maximum absolute atomic E-state index is 12.7. The molecule has 20 heavy (non-hydrogen) atoms. The zero-order chi connectivity index (χ0) is 14.8. The summed E-state index contributed by atoms with van der Waals surface area (Å²) in [6, 6.07) is 2.37. The van der Waals surface area contributed by atoms with Gasteiger partial charge in [0, 0.05) is 20.8 Å². The van der Waals surface area contributed by atoms with Crippen LogP contribution in [0.25, 0.3) is 0 Å². The molecular formula is C14H19BrF3NS. The van der Waals surface area contributed by atoms with Crippen molar-refractivity contribution in [1.29, 1.82) is 0 Å². The number of thiophene rings is 1. The van der Waals surface area contributed by atoms with Gasteiger partial charge in [-0.05, 0) is 67.1 Å². The van der Waals surface area contributed by atoms with Gasteiger partial charge in [-0.1, -0.05) is 0 Å². The van der Waals surface area contributed by atoms with Crippen molar-refractivity contribution in [2.24, 2.45) is 11.8 Å². The fourth-order valence-electron chi connectivity index (χ4n) is 3.03. The van der Waals surface area contributed by atoms with Crippen LogP contribution in [0.2, 0.25) is 0 Å². The molecule has 0 spiro atoms. The molecule has 1 aliphatic carbocycles. The highest BCUT2D eigenvalue weighted by Crippen LogP contribution is 2.40. The summed E-state index contributed by atoms with van der Waals surface area (Å²) in [5, 5.41) is 5.34. The van der Waals surface area contributed by atoms with Gasteiger partial charge >= 0.3 is 6.18 Å². The van der Waals surface area contributed by atoms with Crippen molar-refractivity contribution >= 4 is 27.3 Å². The molecule has 0 saturated heterocycles. The maximum atomic E-state index is 12.7. The smallest absolute Gasteiger partial charge is 0.316 e. The number of nitrogens with one attached hydrogen (secondary N) is 1. The van der Waals surface area contributed by atoms with Crippen LogP contribution in [0.15, 0.2) is 15.9 Å². The lowest BCUT2D eigenvalue weighted by atomic mass is 9.77. The highest BCUT2D eigenvalue weighted by molar-refractivity contribution is 9.10. The molecule has 1 unspecified atom stereocenters. The molecule has 1 aromatic heterocycles. The van der Waals surface area contributed by atoms with E-state index in [0.29, 0.717) is 18.8 Å². The quantitative estimate of drug-likeness (QED) is 0.786. The van der Waals surface area contributed by atoms with Gasteiger partial charge in [-0.15, -0.1) is 11.3 Å². The highest BCUT2D eigenvalue weighted by Gasteiger charge is 2.42. The minimum Gasteiger partial charge on any atom is -0.316 e. The largest absolute Gasteiger partial charge is 0.391 e. The minimum atomic E-state index is -4.02. The maximum Gasteiger partial charge on any atom is 0.391 e. The Kier molecular flexibility index (Phi) is 5.54. The van der Waals surface area contributed by atoms with Crippen molar-refractivity contribution in [1.82, 2.24) is 5.32 Å². The Balaban J connectivity index is 1.90. The van der Waals surface area contributed by atoms with E-state index < -0.39 is 12.1 Å². The van der Waals surface area contributed by atoms with Crippen LogP contribution in [-0.4, -0.2) is 19.3 Å². The minimum absolute atomic E-state index is 0.273. The first-order valence-electron chi connectivity index (χ1n) is 6.87. The molecule has 0 aromatic carbocycles. The molecule has 1 nitrogen and oxygen atoms in total. The molecule has 1 N–H and O–H groups in total. The molecular weight excluding hydrogens is 351 g/mol. The Morgan fingerprint density at radius 3 is 2.45 bits per heavy atom. The van der Waals surface area contributed by atoms with Gasteiger partial charge in [-0.3, -0.25) is 0 Å². The fraction of sp³-hybridized carbons (Fsp3) is 0.714. The summed E-state index contributed by atoms with van der Waals surface area (Å²) in [7, 11) is 1.91. The van der Waals surface area contributed by atoms with Crippen LogP contribution >= 0.6 is 27.3 Å². The highest BCUT2D eigenvalue weighted by atomic mass is 79.9. The summed E-state index contributed by atoms with van der Waals surface area (Å²) in [6.07, 6.45) is -1.22. The van der Waals surface area contributed by atoms with Crippen LogP contribution in [0.3, 0.4) is 0 Å². The third-order valence-electron chi connectivity index (χ3n) is 4.22. The zero-order valence-electron chi connectivity index (χ0n) is 11.3. The summed E-state index contributed by atoms with van der Waals surface area (Å²) in [6.45, 7) is 0. The van der Waals surface area contributed by atoms with Gasteiger partial charge in [-0.2, -0.15) is 13.2 Å². The Labute approximate surface area is 130 Å². The number of alkyl halides is 3. The molecule has 0 radical (unpaired) electrons. The number of hydrogen-bond acceptors (Lipinski definition) is 2. The fourth-order valence-corrected chi connectivity index (χ4v) is 4.54. The van der Waals surface area contributed by atoms with Crippen molar-refractivity contribution in [2.45, 2.75) is 44.3 Å². The third-order valence-corrected chi connectivity index (χ3v) is 5.94. The number of likely N-dealkylation sites (N-methyl/N-ethyl adjacent to an activating group) is 1. The molecule has 1 aromatic rings. The van der Waals surface area contributed by atoms with E-state index in [1.807, 2.05) is 12.4 Å². The lowest BCUT2D eigenvalue weighted by Crippen LogP contribution is -2.39. The van der Waals surface area contributed by atoms with Gasteiger partial charge in [0.05, 0.1) is 5.92 Å². The average molecular weight is 370 g/mol. The molecule has 1 fully saturated rings. The van der Waals surface area contributed by atoms with E-state index >= 15 is 0 Å². The SMILES string of the molecule is CNC(Cc1cc(Br)cs1)C1CCC(C(F)(F)F)CC1. The van der Waals surface area contributed by atoms with Crippen LogP contribution in [0.4, 0.5) is 13.2 Å². The van der Waals surface area contributed by atoms with Gasteiger partial charge in [0.2, 0.25) is 0 Å². The number of hydrogen-bond donors (Lipinski definition) is 1. The van der Waals surface area contributed by atoms with E-state index in [1.165, 1.54) is 4.88 Å². The molecule has 0 amide bonds. The van der Waals surface area contributed by atoms with Gasteiger partial charge in [-0.25, -0.2) is 0 Å². The number of halogens is 4. The standard InChI is InChI=1S/C14H19BrF3NS/c1-19-13(7-12-6-11(15)8-20-12)9-2-4-10(5-3-9)14(16,17)18/h6,8-10,13,19H,2-5,7H2,1H3. The first-order valence-corrected chi connectivity index (χ1v) is 8.54. The lowest BCUT2D eigenvalue weighted by molar-refractivity contribution is -0.184. The van der Waals surface area contributed by atoms with Gasteiger partial charge in [0.25, 0.3) is 0 Å². The van der Waals surface area contributed by atoms with E-state index in [2.05, 4.69) is 27.3 Å². The second-order valence-corrected chi connectivity index (χ2v) is 7.40.